The van der Waals surface area contributed by atoms with Crippen LogP contribution in [-0.2, 0) is 0 Å². The van der Waals surface area contributed by atoms with Crippen LogP contribution in [0.1, 0.15) is 26.7 Å². The molecule has 1 aliphatic heterocycles. The first-order valence-electron chi connectivity index (χ1n) is 7.34. The Bertz CT molecular complexity index is 594. The molecule has 1 aromatic carbocycles. The second-order valence-corrected chi connectivity index (χ2v) is 6.22. The molecule has 4 heteroatoms. The molecule has 1 unspecified atom stereocenters. The summed E-state index contributed by atoms with van der Waals surface area (Å²) in [5.74, 6) is 0.854. The zero-order chi connectivity index (χ0) is 14.0. The van der Waals surface area contributed by atoms with Gasteiger partial charge in [0.15, 0.2) is 0 Å². The van der Waals surface area contributed by atoms with Crippen LogP contribution in [0.25, 0.3) is 11.0 Å². The molecule has 20 heavy (non-hydrogen) atoms. The molecule has 3 rings (SSSR count). The van der Waals surface area contributed by atoms with Gasteiger partial charge in [-0.05, 0) is 36.9 Å². The summed E-state index contributed by atoms with van der Waals surface area (Å²) in [4.78, 5) is 9.04. The summed E-state index contributed by atoms with van der Waals surface area (Å²) in [6.45, 7) is 6.66. The van der Waals surface area contributed by atoms with Crippen LogP contribution in [0, 0.1) is 5.41 Å². The number of para-hydroxylation sites is 2. The van der Waals surface area contributed by atoms with Gasteiger partial charge < -0.3 is 10.6 Å². The number of anilines is 1. The van der Waals surface area contributed by atoms with Crippen LogP contribution in [0.4, 0.5) is 5.82 Å². The maximum Gasteiger partial charge on any atom is 0.145 e. The first-order valence-corrected chi connectivity index (χ1v) is 7.34. The molecule has 2 aromatic rings. The molecular formula is C16H22N4. The lowest BCUT2D eigenvalue weighted by molar-refractivity contribution is 0.188. The first kappa shape index (κ1) is 13.3. The van der Waals surface area contributed by atoms with E-state index in [2.05, 4.69) is 34.4 Å². The van der Waals surface area contributed by atoms with E-state index >= 15 is 0 Å². The number of hydrogen-bond acceptors (Lipinski definition) is 4. The molecule has 1 saturated heterocycles. The number of rotatable bonds is 3. The molecule has 0 saturated carbocycles. The van der Waals surface area contributed by atoms with Crippen LogP contribution in [-0.4, -0.2) is 29.1 Å². The zero-order valence-electron chi connectivity index (χ0n) is 12.2. The highest BCUT2D eigenvalue weighted by atomic mass is 15.1. The van der Waals surface area contributed by atoms with Gasteiger partial charge in [0, 0.05) is 12.6 Å². The van der Waals surface area contributed by atoms with Crippen LogP contribution in [0.5, 0.6) is 0 Å². The van der Waals surface area contributed by atoms with Gasteiger partial charge in [-0.25, -0.2) is 4.98 Å². The third-order valence-electron chi connectivity index (χ3n) is 4.27. The summed E-state index contributed by atoms with van der Waals surface area (Å²) >= 11 is 0. The van der Waals surface area contributed by atoms with Gasteiger partial charge in [-0.3, -0.25) is 4.98 Å². The number of nitrogens with zero attached hydrogens (tertiary/aromatic N) is 2. The van der Waals surface area contributed by atoms with Crippen molar-refractivity contribution < 1.29 is 0 Å². The minimum absolute atomic E-state index is 0.329. The average Bonchev–Trinajstić information content (AvgIpc) is 2.45. The average molecular weight is 270 g/mol. The second kappa shape index (κ2) is 5.37. The molecule has 2 heterocycles. The minimum atomic E-state index is 0.329. The molecule has 106 valence electrons. The van der Waals surface area contributed by atoms with E-state index in [0.717, 1.165) is 29.9 Å². The summed E-state index contributed by atoms with van der Waals surface area (Å²) in [5, 5.41) is 7.03. The third-order valence-corrected chi connectivity index (χ3v) is 4.27. The highest BCUT2D eigenvalue weighted by Gasteiger charge is 2.31. The Morgan fingerprint density at radius 3 is 2.90 bits per heavy atom. The van der Waals surface area contributed by atoms with Crippen molar-refractivity contribution in [2.45, 2.75) is 32.7 Å². The fourth-order valence-electron chi connectivity index (χ4n) is 2.87. The van der Waals surface area contributed by atoms with Crippen LogP contribution >= 0.6 is 0 Å². The molecule has 0 bridgehead atoms. The standard InChI is InChI=1S/C16H22N4/c1-16(2)8-5-9-17-14(16)10-19-15-11-18-12-6-3-4-7-13(12)20-15/h3-4,6-7,11,14,17H,5,8-10H2,1-2H3,(H,19,20). The van der Waals surface area contributed by atoms with Crippen LogP contribution < -0.4 is 10.6 Å². The van der Waals surface area contributed by atoms with Gasteiger partial charge in [0.05, 0.1) is 17.2 Å². The SMILES string of the molecule is CC1(C)CCCNC1CNc1cnc2ccccc2n1. The molecule has 1 fully saturated rings. The van der Waals surface area contributed by atoms with Gasteiger partial charge in [-0.1, -0.05) is 26.0 Å². The van der Waals surface area contributed by atoms with Gasteiger partial charge >= 0.3 is 0 Å². The summed E-state index contributed by atoms with van der Waals surface area (Å²) < 4.78 is 0. The fourth-order valence-corrected chi connectivity index (χ4v) is 2.87. The molecule has 1 aliphatic rings. The molecule has 0 radical (unpaired) electrons. The van der Waals surface area contributed by atoms with E-state index in [-0.39, 0.29) is 0 Å². The number of nitrogens with one attached hydrogen (secondary N) is 2. The molecule has 4 nitrogen and oxygen atoms in total. The van der Waals surface area contributed by atoms with E-state index in [9.17, 15) is 0 Å². The molecule has 1 atom stereocenters. The normalized spacial score (nSPS) is 21.8. The summed E-state index contributed by atoms with van der Waals surface area (Å²) in [6.07, 6.45) is 4.35. The van der Waals surface area contributed by atoms with E-state index < -0.39 is 0 Å². The highest BCUT2D eigenvalue weighted by molar-refractivity contribution is 5.75. The van der Waals surface area contributed by atoms with Crippen molar-refractivity contribution in [1.29, 1.82) is 0 Å². The van der Waals surface area contributed by atoms with Crippen molar-refractivity contribution in [2.24, 2.45) is 5.41 Å². The lowest BCUT2D eigenvalue weighted by atomic mass is 9.77. The Balaban J connectivity index is 1.70. The van der Waals surface area contributed by atoms with E-state index in [0.29, 0.717) is 11.5 Å². The van der Waals surface area contributed by atoms with Gasteiger partial charge in [-0.2, -0.15) is 0 Å². The van der Waals surface area contributed by atoms with Crippen molar-refractivity contribution >= 4 is 16.9 Å². The van der Waals surface area contributed by atoms with Crippen molar-refractivity contribution in [2.75, 3.05) is 18.4 Å². The van der Waals surface area contributed by atoms with Crippen LogP contribution in [0.2, 0.25) is 0 Å². The summed E-state index contributed by atoms with van der Waals surface area (Å²) in [6, 6.07) is 8.43. The van der Waals surface area contributed by atoms with Gasteiger partial charge in [0.1, 0.15) is 5.82 Å². The van der Waals surface area contributed by atoms with Crippen LogP contribution in [0.3, 0.4) is 0 Å². The summed E-state index contributed by atoms with van der Waals surface area (Å²) in [5.41, 5.74) is 2.21. The molecule has 0 spiro atoms. The van der Waals surface area contributed by atoms with E-state index in [1.54, 1.807) is 0 Å². The Hall–Kier alpha value is -1.68. The molecule has 1 aromatic heterocycles. The largest absolute Gasteiger partial charge is 0.367 e. The maximum absolute atomic E-state index is 4.61. The van der Waals surface area contributed by atoms with Crippen molar-refractivity contribution in [3.8, 4) is 0 Å². The van der Waals surface area contributed by atoms with E-state index in [1.165, 1.54) is 12.8 Å². The Kier molecular flexibility index (Phi) is 3.57. The molecule has 2 N–H and O–H groups in total. The first-order chi connectivity index (χ1) is 9.65. The molecular weight excluding hydrogens is 248 g/mol. The monoisotopic (exact) mass is 270 g/mol. The number of aromatic nitrogens is 2. The molecule has 0 aliphatic carbocycles. The highest BCUT2D eigenvalue weighted by Crippen LogP contribution is 2.30. The number of piperidine rings is 1. The lowest BCUT2D eigenvalue weighted by Gasteiger charge is -2.39. The van der Waals surface area contributed by atoms with Crippen molar-refractivity contribution in [1.82, 2.24) is 15.3 Å². The Morgan fingerprint density at radius 2 is 2.10 bits per heavy atom. The topological polar surface area (TPSA) is 49.8 Å². The van der Waals surface area contributed by atoms with Crippen LogP contribution in [0.15, 0.2) is 30.5 Å². The Labute approximate surface area is 120 Å². The lowest BCUT2D eigenvalue weighted by Crippen LogP contribution is -2.50. The number of benzene rings is 1. The molecule has 0 amide bonds. The number of fused-ring (bicyclic) bond motifs is 1. The predicted octanol–water partition coefficient (Wildman–Crippen LogP) is 2.82. The second-order valence-electron chi connectivity index (χ2n) is 6.22. The summed E-state index contributed by atoms with van der Waals surface area (Å²) in [7, 11) is 0. The van der Waals surface area contributed by atoms with E-state index in [4.69, 9.17) is 0 Å². The predicted molar refractivity (Wildman–Crippen MR) is 82.8 cm³/mol. The maximum atomic E-state index is 4.61. The Morgan fingerprint density at radius 1 is 1.30 bits per heavy atom. The van der Waals surface area contributed by atoms with Gasteiger partial charge in [0.25, 0.3) is 0 Å². The third kappa shape index (κ3) is 2.75. The fraction of sp³-hybridized carbons (Fsp3) is 0.500. The van der Waals surface area contributed by atoms with E-state index in [1.807, 2.05) is 30.5 Å². The van der Waals surface area contributed by atoms with Gasteiger partial charge in [-0.15, -0.1) is 0 Å². The van der Waals surface area contributed by atoms with Crippen molar-refractivity contribution in [3.63, 3.8) is 0 Å². The minimum Gasteiger partial charge on any atom is -0.367 e. The quantitative estimate of drug-likeness (QED) is 0.900. The van der Waals surface area contributed by atoms with Crippen molar-refractivity contribution in [3.05, 3.63) is 30.5 Å². The number of hydrogen-bond donors (Lipinski definition) is 2. The smallest absolute Gasteiger partial charge is 0.145 e. The zero-order valence-corrected chi connectivity index (χ0v) is 12.2. The van der Waals surface area contributed by atoms with Gasteiger partial charge in [0.2, 0.25) is 0 Å².